The van der Waals surface area contributed by atoms with E-state index in [2.05, 4.69) is 20.6 Å². The second kappa shape index (κ2) is 12.0. The van der Waals surface area contributed by atoms with E-state index in [1.165, 1.54) is 47.9 Å². The molecule has 2 aliphatic heterocycles. The molecular weight excluding hydrogens is 408 g/mol. The van der Waals surface area contributed by atoms with E-state index in [0.717, 1.165) is 50.0 Å². The van der Waals surface area contributed by atoms with Crippen LogP contribution in [0, 0.1) is 0 Å². The van der Waals surface area contributed by atoms with Crippen LogP contribution in [0.4, 0.5) is 5.82 Å². The van der Waals surface area contributed by atoms with Gasteiger partial charge in [-0.2, -0.15) is 0 Å². The van der Waals surface area contributed by atoms with Crippen molar-refractivity contribution in [2.75, 3.05) is 38.2 Å². The van der Waals surface area contributed by atoms with Crippen molar-refractivity contribution in [1.82, 2.24) is 15.3 Å². The molecule has 2 aromatic rings. The second-order valence-electron chi connectivity index (χ2n) is 7.17. The maximum atomic E-state index is 6.12. The summed E-state index contributed by atoms with van der Waals surface area (Å²) in [7, 11) is 0. The Morgan fingerprint density at radius 3 is 2.45 bits per heavy atom. The summed E-state index contributed by atoms with van der Waals surface area (Å²) in [6.07, 6.45) is 7.34. The maximum absolute atomic E-state index is 6.12. The van der Waals surface area contributed by atoms with Gasteiger partial charge in [0.25, 0.3) is 0 Å². The van der Waals surface area contributed by atoms with Gasteiger partial charge in [0.05, 0.1) is 31.8 Å². The molecule has 0 bridgehead atoms. The third kappa shape index (κ3) is 6.25. The van der Waals surface area contributed by atoms with E-state index >= 15 is 0 Å². The van der Waals surface area contributed by atoms with Gasteiger partial charge in [0.15, 0.2) is 0 Å². The zero-order valence-corrected chi connectivity index (χ0v) is 19.1. The molecular formula is C21H33ClN4O2S. The van der Waals surface area contributed by atoms with Crippen molar-refractivity contribution in [1.29, 1.82) is 0 Å². The molecule has 29 heavy (non-hydrogen) atoms. The van der Waals surface area contributed by atoms with Crippen LogP contribution in [0.5, 0.6) is 0 Å². The van der Waals surface area contributed by atoms with Crippen molar-refractivity contribution in [2.45, 2.75) is 65.0 Å². The van der Waals surface area contributed by atoms with E-state index in [4.69, 9.17) is 21.1 Å². The summed E-state index contributed by atoms with van der Waals surface area (Å²) in [5.74, 6) is 0.927. The molecule has 8 heteroatoms. The summed E-state index contributed by atoms with van der Waals surface area (Å²) >= 11 is 7.81. The average molecular weight is 441 g/mol. The number of halogens is 1. The van der Waals surface area contributed by atoms with Crippen LogP contribution in [-0.4, -0.2) is 48.9 Å². The highest BCUT2D eigenvalue weighted by Crippen LogP contribution is 2.38. The van der Waals surface area contributed by atoms with Crippen LogP contribution in [0.1, 0.15) is 56.4 Å². The molecule has 0 spiro atoms. The van der Waals surface area contributed by atoms with Crippen molar-refractivity contribution >= 4 is 39.0 Å². The number of nitrogens with zero attached hydrogens (tertiary/aromatic N) is 2. The number of thiophene rings is 1. The van der Waals surface area contributed by atoms with Gasteiger partial charge in [-0.05, 0) is 36.4 Å². The second-order valence-corrected chi connectivity index (χ2v) is 8.59. The molecule has 162 valence electrons. The van der Waals surface area contributed by atoms with Crippen LogP contribution in [0.3, 0.4) is 0 Å². The van der Waals surface area contributed by atoms with Gasteiger partial charge in [0.1, 0.15) is 10.6 Å². The van der Waals surface area contributed by atoms with Crippen LogP contribution in [-0.2, 0) is 22.5 Å². The first kappa shape index (κ1) is 22.7. The summed E-state index contributed by atoms with van der Waals surface area (Å²) in [5, 5.41) is 8.30. The maximum Gasteiger partial charge on any atom is 0.225 e. The summed E-state index contributed by atoms with van der Waals surface area (Å²) < 4.78 is 10.6. The predicted molar refractivity (Wildman–Crippen MR) is 121 cm³/mol. The lowest BCUT2D eigenvalue weighted by Gasteiger charge is -2.24. The number of anilines is 1. The van der Waals surface area contributed by atoms with Gasteiger partial charge < -0.3 is 20.1 Å². The van der Waals surface area contributed by atoms with Crippen molar-refractivity contribution in [3.63, 3.8) is 0 Å². The summed E-state index contributed by atoms with van der Waals surface area (Å²) in [6.45, 7) is 9.31. The number of rotatable bonds is 2. The van der Waals surface area contributed by atoms with Gasteiger partial charge in [-0.15, -0.1) is 11.3 Å². The van der Waals surface area contributed by atoms with Gasteiger partial charge in [0.2, 0.25) is 5.28 Å². The minimum absolute atomic E-state index is 0.334. The Balaban J connectivity index is 0.000000256. The highest BCUT2D eigenvalue weighted by atomic mass is 35.5. The Bertz CT molecular complexity index is 749. The topological polar surface area (TPSA) is 68.3 Å². The van der Waals surface area contributed by atoms with Gasteiger partial charge in [-0.1, -0.05) is 33.1 Å². The first-order valence-electron chi connectivity index (χ1n) is 10.9. The van der Waals surface area contributed by atoms with Crippen LogP contribution < -0.4 is 10.6 Å². The molecule has 2 fully saturated rings. The van der Waals surface area contributed by atoms with Crippen LogP contribution in [0.15, 0.2) is 0 Å². The Hall–Kier alpha value is -0.990. The zero-order valence-electron chi connectivity index (χ0n) is 17.6. The predicted octanol–water partition coefficient (Wildman–Crippen LogP) is 4.79. The largest absolute Gasteiger partial charge is 0.379 e. The van der Waals surface area contributed by atoms with Crippen LogP contribution in [0.25, 0.3) is 10.2 Å². The lowest BCUT2D eigenvalue weighted by atomic mass is 9.95. The molecule has 0 radical (unpaired) electrons. The fraction of sp³-hybridized carbons (Fsp3) is 0.714. The number of fused-ring (bicyclic) bond motifs is 3. The Morgan fingerprint density at radius 2 is 1.79 bits per heavy atom. The molecule has 2 N–H and O–H groups in total. The van der Waals surface area contributed by atoms with Gasteiger partial charge >= 0.3 is 0 Å². The smallest absolute Gasteiger partial charge is 0.225 e. The molecule has 1 saturated carbocycles. The quantitative estimate of drug-likeness (QED) is 0.654. The number of nitrogens with one attached hydrogen (secondary N) is 2. The minimum Gasteiger partial charge on any atom is -0.379 e. The van der Waals surface area contributed by atoms with Crippen LogP contribution in [0.2, 0.25) is 5.28 Å². The van der Waals surface area contributed by atoms with E-state index in [0.29, 0.717) is 17.9 Å². The van der Waals surface area contributed by atoms with Crippen molar-refractivity contribution < 1.29 is 9.47 Å². The molecule has 3 aliphatic rings. The number of aromatic nitrogens is 2. The minimum atomic E-state index is 0.334. The highest BCUT2D eigenvalue weighted by Gasteiger charge is 2.23. The Morgan fingerprint density at radius 1 is 1.03 bits per heavy atom. The number of morpholine rings is 1. The molecule has 4 heterocycles. The molecule has 5 rings (SSSR count). The molecule has 1 saturated heterocycles. The number of hydrogen-bond donors (Lipinski definition) is 2. The van der Waals surface area contributed by atoms with Crippen molar-refractivity contribution in [3.05, 3.63) is 15.7 Å². The fourth-order valence-corrected chi connectivity index (χ4v) is 5.23. The molecule has 1 aliphatic carbocycles. The third-order valence-corrected chi connectivity index (χ3v) is 6.50. The van der Waals surface area contributed by atoms with Gasteiger partial charge in [-0.3, -0.25) is 0 Å². The highest BCUT2D eigenvalue weighted by molar-refractivity contribution is 7.19. The molecule has 6 nitrogen and oxygen atoms in total. The van der Waals surface area contributed by atoms with E-state index in [9.17, 15) is 0 Å². The van der Waals surface area contributed by atoms with E-state index < -0.39 is 0 Å². The molecule has 2 aromatic heterocycles. The standard InChI is InChI=1S/C15H18ClN3OS.C4H9NO.C2H6/c16-15-18-13(17-9-4-2-1-3-5-9)12-10-6-7-20-8-11(10)21-14(12)19-15;1-3-6-4-2-5-1;1-2/h9H,1-8H2,(H,17,18,19);5H,1-4H2;1-2H3. The van der Waals surface area contributed by atoms with Crippen LogP contribution >= 0.6 is 22.9 Å². The monoisotopic (exact) mass is 440 g/mol. The van der Waals surface area contributed by atoms with E-state index in [1.807, 2.05) is 13.8 Å². The molecule has 0 aromatic carbocycles. The van der Waals surface area contributed by atoms with E-state index in [-0.39, 0.29) is 0 Å². The van der Waals surface area contributed by atoms with Crippen molar-refractivity contribution in [2.24, 2.45) is 0 Å². The Kier molecular flexibility index (Phi) is 9.39. The summed E-state index contributed by atoms with van der Waals surface area (Å²) in [6, 6.07) is 0.517. The first-order chi connectivity index (χ1) is 14.3. The molecule has 0 atom stereocenters. The number of ether oxygens (including phenoxy) is 2. The normalized spacial score (nSPS) is 19.4. The fourth-order valence-electron chi connectivity index (χ4n) is 3.86. The Labute approximate surface area is 182 Å². The lowest BCUT2D eigenvalue weighted by Crippen LogP contribution is -2.30. The van der Waals surface area contributed by atoms with Gasteiger partial charge in [-0.25, -0.2) is 9.97 Å². The third-order valence-electron chi connectivity index (χ3n) is 5.23. The molecule has 0 unspecified atom stereocenters. The summed E-state index contributed by atoms with van der Waals surface area (Å²) in [4.78, 5) is 11.2. The average Bonchev–Trinajstić information content (AvgIpc) is 3.16. The summed E-state index contributed by atoms with van der Waals surface area (Å²) in [5.41, 5.74) is 1.36. The number of hydrogen-bond acceptors (Lipinski definition) is 7. The molecule has 0 amide bonds. The van der Waals surface area contributed by atoms with E-state index in [1.54, 1.807) is 11.3 Å². The zero-order chi connectivity index (χ0) is 20.5. The lowest BCUT2D eigenvalue weighted by molar-refractivity contribution is 0.109. The first-order valence-corrected chi connectivity index (χ1v) is 12.1. The van der Waals surface area contributed by atoms with Gasteiger partial charge in [0, 0.05) is 24.0 Å². The van der Waals surface area contributed by atoms with Crippen molar-refractivity contribution in [3.8, 4) is 0 Å². The SMILES string of the molecule is C1COCCN1.CC.Clc1nc(NC2CCCCC2)c2c3c(sc2n1)COCC3.